The molecule has 1 aliphatic heterocycles. The maximum atomic E-state index is 13.5. The summed E-state index contributed by atoms with van der Waals surface area (Å²) in [6, 6.07) is 13.6. The molecule has 4 bridgehead atoms. The van der Waals surface area contributed by atoms with Crippen LogP contribution in [0.3, 0.4) is 0 Å². The number of amides is 2. The van der Waals surface area contributed by atoms with Crippen molar-refractivity contribution in [3.05, 3.63) is 70.4 Å². The third-order valence-corrected chi connectivity index (χ3v) is 9.34. The number of carbonyl (C=O) groups excluding carboxylic acids is 2. The Balaban J connectivity index is 1.16. The lowest BCUT2D eigenvalue weighted by molar-refractivity contribution is -0.152. The molecule has 5 fully saturated rings. The number of para-hydroxylation sites is 1. The molecule has 0 aromatic heterocycles. The number of carbonyl (C=O) groups is 2. The average Bonchev–Trinajstić information content (AvgIpc) is 3.11. The molecule has 5 nitrogen and oxygen atoms in total. The van der Waals surface area contributed by atoms with Crippen LogP contribution in [0, 0.1) is 29.0 Å². The van der Waals surface area contributed by atoms with Crippen molar-refractivity contribution in [1.29, 1.82) is 0 Å². The van der Waals surface area contributed by atoms with Crippen molar-refractivity contribution in [3.63, 3.8) is 0 Å². The maximum absolute atomic E-state index is 13.5. The Labute approximate surface area is 219 Å². The number of thiocarbonyl (C=S) groups is 1. The van der Waals surface area contributed by atoms with Gasteiger partial charge in [-0.3, -0.25) is 15.0 Å². The van der Waals surface area contributed by atoms with Gasteiger partial charge in [0.15, 0.2) is 4.32 Å². The molecule has 36 heavy (non-hydrogen) atoms. The highest BCUT2D eigenvalue weighted by molar-refractivity contribution is 8.26. The Hall–Kier alpha value is -2.71. The zero-order valence-corrected chi connectivity index (χ0v) is 21.4. The van der Waals surface area contributed by atoms with E-state index >= 15 is 0 Å². The van der Waals surface area contributed by atoms with E-state index in [0.29, 0.717) is 32.7 Å². The van der Waals surface area contributed by atoms with E-state index in [1.807, 2.05) is 24.3 Å². The molecule has 0 spiro atoms. The molecule has 1 N–H and O–H groups in total. The van der Waals surface area contributed by atoms with Gasteiger partial charge in [0.1, 0.15) is 18.2 Å². The lowest BCUT2D eigenvalue weighted by Gasteiger charge is -2.55. The molecule has 7 rings (SSSR count). The molecule has 4 aliphatic carbocycles. The van der Waals surface area contributed by atoms with E-state index < -0.39 is 0 Å². The minimum atomic E-state index is -0.359. The molecule has 0 unspecified atom stereocenters. The van der Waals surface area contributed by atoms with Crippen molar-refractivity contribution in [2.45, 2.75) is 45.1 Å². The number of hydrogen-bond acceptors (Lipinski definition) is 5. The van der Waals surface area contributed by atoms with Crippen molar-refractivity contribution >= 4 is 46.2 Å². The monoisotopic (exact) mass is 522 g/mol. The molecule has 2 aromatic rings. The van der Waals surface area contributed by atoms with Gasteiger partial charge in [-0.1, -0.05) is 42.1 Å². The van der Waals surface area contributed by atoms with Gasteiger partial charge in [-0.05, 0) is 98.3 Å². The van der Waals surface area contributed by atoms with Gasteiger partial charge in [0.05, 0.1) is 10.3 Å². The average molecular weight is 523 g/mol. The summed E-state index contributed by atoms with van der Waals surface area (Å²) in [5, 5.41) is 1.24. The van der Waals surface area contributed by atoms with Crippen LogP contribution in [0.2, 0.25) is 0 Å². The first-order valence-electron chi connectivity index (χ1n) is 12.4. The van der Waals surface area contributed by atoms with E-state index in [1.54, 1.807) is 18.2 Å². The van der Waals surface area contributed by atoms with E-state index in [2.05, 4.69) is 5.43 Å². The van der Waals surface area contributed by atoms with Gasteiger partial charge in [-0.2, -0.15) is 5.01 Å². The molecule has 0 radical (unpaired) electrons. The van der Waals surface area contributed by atoms with Crippen molar-refractivity contribution in [1.82, 2.24) is 10.4 Å². The smallest absolute Gasteiger partial charge is 0.285 e. The van der Waals surface area contributed by atoms with Crippen LogP contribution in [0.1, 0.15) is 49.7 Å². The number of ether oxygens (including phenoxy) is 1. The Morgan fingerprint density at radius 1 is 1.08 bits per heavy atom. The number of rotatable bonds is 6. The van der Waals surface area contributed by atoms with Crippen molar-refractivity contribution in [2.75, 3.05) is 0 Å². The largest absolute Gasteiger partial charge is 0.488 e. The zero-order chi connectivity index (χ0) is 24.9. The van der Waals surface area contributed by atoms with E-state index in [1.165, 1.54) is 48.2 Å². The number of hydrazine groups is 1. The Morgan fingerprint density at radius 2 is 1.72 bits per heavy atom. The van der Waals surface area contributed by atoms with E-state index in [-0.39, 0.29) is 29.7 Å². The Bertz CT molecular complexity index is 1220. The molecule has 2 aromatic carbocycles. The van der Waals surface area contributed by atoms with Crippen LogP contribution in [0.15, 0.2) is 53.4 Å². The van der Waals surface area contributed by atoms with Crippen LogP contribution < -0.4 is 10.2 Å². The van der Waals surface area contributed by atoms with E-state index in [0.717, 1.165) is 30.4 Å². The molecule has 5 aliphatic rings. The van der Waals surface area contributed by atoms with Crippen LogP contribution >= 0.6 is 24.0 Å². The number of hydrogen-bond donors (Lipinski definition) is 1. The molecular formula is C28H27FN2O3S2. The standard InChI is InChI=1S/C28H27FN2O3S2/c29-22-7-5-17(6-8-22)16-34-23-4-2-1-3-21(23)12-24-25(32)31(27(35)36-24)30-26(33)28-13-18-9-19(14-28)11-20(10-18)15-28/h1-8,12,18-20H,9-11,13-16H2,(H,30,33)/b24-12-. The summed E-state index contributed by atoms with van der Waals surface area (Å²) in [6.07, 6.45) is 8.27. The summed E-state index contributed by atoms with van der Waals surface area (Å²) in [5.41, 5.74) is 4.11. The van der Waals surface area contributed by atoms with Gasteiger partial charge in [0.25, 0.3) is 5.91 Å². The second-order valence-corrected chi connectivity index (χ2v) is 12.3. The molecule has 8 heteroatoms. The molecule has 186 valence electrons. The fourth-order valence-electron chi connectivity index (χ4n) is 6.79. The highest BCUT2D eigenvalue weighted by atomic mass is 32.2. The first kappa shape index (κ1) is 23.7. The second kappa shape index (κ2) is 9.30. The second-order valence-electron chi connectivity index (χ2n) is 10.6. The van der Waals surface area contributed by atoms with E-state index in [4.69, 9.17) is 17.0 Å². The van der Waals surface area contributed by atoms with Crippen LogP contribution in [0.25, 0.3) is 6.08 Å². The minimum absolute atomic E-state index is 0.0535. The topological polar surface area (TPSA) is 58.6 Å². The Morgan fingerprint density at radius 3 is 2.39 bits per heavy atom. The zero-order valence-electron chi connectivity index (χ0n) is 19.7. The van der Waals surface area contributed by atoms with Gasteiger partial charge >= 0.3 is 0 Å². The molecule has 2 amide bonds. The van der Waals surface area contributed by atoms with Gasteiger partial charge in [0.2, 0.25) is 5.91 Å². The third-order valence-electron chi connectivity index (χ3n) is 8.04. The number of nitrogens with one attached hydrogen (secondary N) is 1. The molecule has 0 atom stereocenters. The normalized spacial score (nSPS) is 29.8. The lowest BCUT2D eigenvalue weighted by Crippen LogP contribution is -2.57. The first-order chi connectivity index (χ1) is 17.4. The fourth-order valence-corrected chi connectivity index (χ4v) is 7.96. The molecule has 1 saturated heterocycles. The third kappa shape index (κ3) is 4.45. The quantitative estimate of drug-likeness (QED) is 0.381. The van der Waals surface area contributed by atoms with Crippen LogP contribution in [-0.2, 0) is 16.2 Å². The van der Waals surface area contributed by atoms with Crippen LogP contribution in [-0.4, -0.2) is 21.1 Å². The highest BCUT2D eigenvalue weighted by Crippen LogP contribution is 2.60. The first-order valence-corrected chi connectivity index (χ1v) is 13.7. The Kier molecular flexibility index (Phi) is 6.12. The van der Waals surface area contributed by atoms with Gasteiger partial charge in [-0.15, -0.1) is 0 Å². The molecular weight excluding hydrogens is 495 g/mol. The summed E-state index contributed by atoms with van der Waals surface area (Å²) < 4.78 is 19.5. The number of nitrogens with zero attached hydrogens (tertiary/aromatic N) is 1. The van der Waals surface area contributed by atoms with Gasteiger partial charge < -0.3 is 4.74 Å². The number of halogens is 1. The van der Waals surface area contributed by atoms with Crippen LogP contribution in [0.5, 0.6) is 5.75 Å². The van der Waals surface area contributed by atoms with Crippen molar-refractivity contribution in [3.8, 4) is 5.75 Å². The number of benzene rings is 2. The molecule has 1 heterocycles. The predicted molar refractivity (Wildman–Crippen MR) is 141 cm³/mol. The van der Waals surface area contributed by atoms with Crippen molar-refractivity contribution in [2.24, 2.45) is 23.2 Å². The SMILES string of the molecule is O=C1/C(=C/c2ccccc2OCc2ccc(F)cc2)SC(=S)N1NC(=O)C12CC3CC(CC(C3)C1)C2. The van der Waals surface area contributed by atoms with Crippen LogP contribution in [0.4, 0.5) is 4.39 Å². The highest BCUT2D eigenvalue weighted by Gasteiger charge is 2.55. The number of thioether (sulfide) groups is 1. The van der Waals surface area contributed by atoms with Gasteiger partial charge in [0, 0.05) is 5.56 Å². The predicted octanol–water partition coefficient (Wildman–Crippen LogP) is 5.85. The summed E-state index contributed by atoms with van der Waals surface area (Å²) in [4.78, 5) is 27.2. The lowest BCUT2D eigenvalue weighted by atomic mass is 9.49. The molecule has 4 saturated carbocycles. The van der Waals surface area contributed by atoms with E-state index in [9.17, 15) is 14.0 Å². The maximum Gasteiger partial charge on any atom is 0.285 e. The summed E-state index contributed by atoms with van der Waals surface area (Å²) in [6.45, 7) is 0.271. The van der Waals surface area contributed by atoms with Gasteiger partial charge in [-0.25, -0.2) is 4.39 Å². The minimum Gasteiger partial charge on any atom is -0.488 e. The summed E-state index contributed by atoms with van der Waals surface area (Å²) in [7, 11) is 0. The fraction of sp³-hybridized carbons (Fsp3) is 0.393. The summed E-state index contributed by atoms with van der Waals surface area (Å²) >= 11 is 6.66. The van der Waals surface area contributed by atoms with Crippen molar-refractivity contribution < 1.29 is 18.7 Å². The summed E-state index contributed by atoms with van der Waals surface area (Å²) in [5.74, 6) is 1.85.